The lowest BCUT2D eigenvalue weighted by molar-refractivity contribution is 0.0916. The van der Waals surface area contributed by atoms with Crippen LogP contribution in [-0.4, -0.2) is 19.8 Å². The second-order valence-electron chi connectivity index (χ2n) is 3.28. The van der Waals surface area contributed by atoms with E-state index in [2.05, 4.69) is 15.9 Å². The Morgan fingerprint density at radius 1 is 1.47 bits per heavy atom. The third kappa shape index (κ3) is 4.01. The minimum absolute atomic E-state index is 0.0353. The fourth-order valence-electron chi connectivity index (χ4n) is 1.21. The Hall–Kier alpha value is -0.250. The Morgan fingerprint density at radius 3 is 2.73 bits per heavy atom. The molecular formula is C11H14BrClO2. The van der Waals surface area contributed by atoms with Crippen molar-refractivity contribution >= 4 is 27.5 Å². The van der Waals surface area contributed by atoms with E-state index in [1.54, 1.807) is 7.11 Å². The van der Waals surface area contributed by atoms with Crippen molar-refractivity contribution in [2.45, 2.75) is 18.9 Å². The van der Waals surface area contributed by atoms with Gasteiger partial charge in [0.25, 0.3) is 0 Å². The van der Waals surface area contributed by atoms with Crippen LogP contribution in [0.25, 0.3) is 0 Å². The zero-order chi connectivity index (χ0) is 11.3. The molecule has 0 N–H and O–H groups in total. The molecule has 0 radical (unpaired) electrons. The molecule has 1 rings (SSSR count). The summed E-state index contributed by atoms with van der Waals surface area (Å²) in [7, 11) is 1.66. The van der Waals surface area contributed by atoms with E-state index in [0.29, 0.717) is 12.5 Å². The standard InChI is InChI=1S/C11H14BrClO2/c1-8(7-14-2)15-11-4-3-9(6-13)5-10(11)12/h3-5,8H,6-7H2,1-2H3. The SMILES string of the molecule is COCC(C)Oc1ccc(CCl)cc1Br. The molecule has 2 nitrogen and oxygen atoms in total. The number of ether oxygens (including phenoxy) is 2. The molecule has 0 aromatic heterocycles. The van der Waals surface area contributed by atoms with Gasteiger partial charge in [-0.1, -0.05) is 6.07 Å². The summed E-state index contributed by atoms with van der Waals surface area (Å²) in [4.78, 5) is 0. The summed E-state index contributed by atoms with van der Waals surface area (Å²) in [5, 5.41) is 0. The number of halogens is 2. The van der Waals surface area contributed by atoms with E-state index in [0.717, 1.165) is 15.8 Å². The highest BCUT2D eigenvalue weighted by Crippen LogP contribution is 2.27. The maximum atomic E-state index is 5.73. The van der Waals surface area contributed by atoms with Crippen molar-refractivity contribution in [1.82, 2.24) is 0 Å². The molecule has 0 heterocycles. The molecule has 1 atom stereocenters. The van der Waals surface area contributed by atoms with Crippen molar-refractivity contribution in [2.75, 3.05) is 13.7 Å². The van der Waals surface area contributed by atoms with Gasteiger partial charge in [0.15, 0.2) is 0 Å². The number of rotatable bonds is 5. The molecule has 0 spiro atoms. The second kappa shape index (κ2) is 6.36. The molecule has 15 heavy (non-hydrogen) atoms. The summed E-state index contributed by atoms with van der Waals surface area (Å²) in [5.41, 5.74) is 1.07. The van der Waals surface area contributed by atoms with Crippen LogP contribution in [0.15, 0.2) is 22.7 Å². The van der Waals surface area contributed by atoms with E-state index in [-0.39, 0.29) is 6.10 Å². The highest BCUT2D eigenvalue weighted by molar-refractivity contribution is 9.10. The highest BCUT2D eigenvalue weighted by Gasteiger charge is 2.07. The number of alkyl halides is 1. The van der Waals surface area contributed by atoms with Crippen molar-refractivity contribution in [2.24, 2.45) is 0 Å². The molecule has 0 amide bonds. The van der Waals surface area contributed by atoms with Gasteiger partial charge in [-0.3, -0.25) is 0 Å². The van der Waals surface area contributed by atoms with Gasteiger partial charge in [0.05, 0.1) is 11.1 Å². The predicted molar refractivity (Wildman–Crippen MR) is 65.7 cm³/mol. The smallest absolute Gasteiger partial charge is 0.134 e. The average Bonchev–Trinajstić information content (AvgIpc) is 2.21. The van der Waals surface area contributed by atoms with Crippen LogP contribution < -0.4 is 4.74 Å². The monoisotopic (exact) mass is 292 g/mol. The van der Waals surface area contributed by atoms with Crippen LogP contribution in [0.1, 0.15) is 12.5 Å². The van der Waals surface area contributed by atoms with Crippen LogP contribution in [0, 0.1) is 0 Å². The van der Waals surface area contributed by atoms with E-state index in [1.807, 2.05) is 25.1 Å². The summed E-state index contributed by atoms with van der Waals surface area (Å²) in [6.45, 7) is 2.54. The summed E-state index contributed by atoms with van der Waals surface area (Å²) in [6, 6.07) is 5.82. The van der Waals surface area contributed by atoms with Gasteiger partial charge in [-0.05, 0) is 40.5 Å². The third-order valence-electron chi connectivity index (χ3n) is 1.88. The van der Waals surface area contributed by atoms with Crippen molar-refractivity contribution in [3.8, 4) is 5.75 Å². The van der Waals surface area contributed by atoms with Crippen molar-refractivity contribution in [3.63, 3.8) is 0 Å². The summed E-state index contributed by atoms with van der Waals surface area (Å²) in [6.07, 6.45) is 0.0353. The molecule has 0 fully saturated rings. The number of methoxy groups -OCH3 is 1. The Kier molecular flexibility index (Phi) is 5.43. The molecule has 0 saturated heterocycles. The van der Waals surface area contributed by atoms with Crippen LogP contribution in [0.3, 0.4) is 0 Å². The van der Waals surface area contributed by atoms with Gasteiger partial charge in [-0.15, -0.1) is 11.6 Å². The topological polar surface area (TPSA) is 18.5 Å². The van der Waals surface area contributed by atoms with Crippen LogP contribution in [-0.2, 0) is 10.6 Å². The minimum Gasteiger partial charge on any atom is -0.487 e. The van der Waals surface area contributed by atoms with Gasteiger partial charge in [-0.2, -0.15) is 0 Å². The molecule has 1 aromatic rings. The number of hydrogen-bond donors (Lipinski definition) is 0. The second-order valence-corrected chi connectivity index (χ2v) is 4.40. The Morgan fingerprint density at radius 2 is 2.20 bits per heavy atom. The molecule has 0 aliphatic carbocycles. The zero-order valence-electron chi connectivity index (χ0n) is 8.80. The number of benzene rings is 1. The molecule has 4 heteroatoms. The maximum absolute atomic E-state index is 5.73. The molecule has 0 aliphatic heterocycles. The first kappa shape index (κ1) is 12.8. The minimum atomic E-state index is 0.0353. The molecule has 1 unspecified atom stereocenters. The molecule has 84 valence electrons. The fraction of sp³-hybridized carbons (Fsp3) is 0.455. The van der Waals surface area contributed by atoms with E-state index in [4.69, 9.17) is 21.1 Å². The van der Waals surface area contributed by atoms with E-state index in [1.165, 1.54) is 0 Å². The third-order valence-corrected chi connectivity index (χ3v) is 2.81. The van der Waals surface area contributed by atoms with Crippen molar-refractivity contribution in [3.05, 3.63) is 28.2 Å². The van der Waals surface area contributed by atoms with Crippen LogP contribution in [0.5, 0.6) is 5.75 Å². The van der Waals surface area contributed by atoms with Gasteiger partial charge in [0, 0.05) is 13.0 Å². The Bertz CT molecular complexity index is 317. The van der Waals surface area contributed by atoms with Gasteiger partial charge in [0.2, 0.25) is 0 Å². The summed E-state index contributed by atoms with van der Waals surface area (Å²) < 4.78 is 11.6. The van der Waals surface area contributed by atoms with Crippen LogP contribution in [0.2, 0.25) is 0 Å². The first-order chi connectivity index (χ1) is 7.17. The average molecular weight is 294 g/mol. The van der Waals surface area contributed by atoms with Gasteiger partial charge in [0.1, 0.15) is 11.9 Å². The Balaban J connectivity index is 2.69. The van der Waals surface area contributed by atoms with Crippen LogP contribution in [0.4, 0.5) is 0 Å². The first-order valence-corrected chi connectivity index (χ1v) is 6.00. The van der Waals surface area contributed by atoms with Gasteiger partial charge >= 0.3 is 0 Å². The lowest BCUT2D eigenvalue weighted by Gasteiger charge is -2.15. The van der Waals surface area contributed by atoms with Gasteiger partial charge in [-0.25, -0.2) is 0 Å². The Labute approximate surface area is 104 Å². The molecule has 0 aliphatic rings. The summed E-state index contributed by atoms with van der Waals surface area (Å²) in [5.74, 6) is 1.32. The quantitative estimate of drug-likeness (QED) is 0.772. The van der Waals surface area contributed by atoms with E-state index >= 15 is 0 Å². The molecule has 0 bridgehead atoms. The molecule has 1 aromatic carbocycles. The maximum Gasteiger partial charge on any atom is 0.134 e. The highest BCUT2D eigenvalue weighted by atomic mass is 79.9. The van der Waals surface area contributed by atoms with E-state index < -0.39 is 0 Å². The fourth-order valence-corrected chi connectivity index (χ4v) is 1.89. The molecular weight excluding hydrogens is 279 g/mol. The first-order valence-electron chi connectivity index (χ1n) is 4.67. The van der Waals surface area contributed by atoms with Crippen molar-refractivity contribution in [1.29, 1.82) is 0 Å². The molecule has 0 saturated carbocycles. The predicted octanol–water partition coefficient (Wildman–Crippen LogP) is 3.60. The normalized spacial score (nSPS) is 12.5. The zero-order valence-corrected chi connectivity index (χ0v) is 11.1. The van der Waals surface area contributed by atoms with Gasteiger partial charge < -0.3 is 9.47 Å². The van der Waals surface area contributed by atoms with E-state index in [9.17, 15) is 0 Å². The lowest BCUT2D eigenvalue weighted by atomic mass is 10.2. The largest absolute Gasteiger partial charge is 0.487 e. The number of hydrogen-bond acceptors (Lipinski definition) is 2. The van der Waals surface area contributed by atoms with Crippen LogP contribution >= 0.6 is 27.5 Å². The lowest BCUT2D eigenvalue weighted by Crippen LogP contribution is -2.18. The van der Waals surface area contributed by atoms with Crippen molar-refractivity contribution < 1.29 is 9.47 Å². The summed E-state index contributed by atoms with van der Waals surface area (Å²) >= 11 is 9.17.